The Morgan fingerprint density at radius 3 is 1.66 bits per heavy atom. The molecule has 0 aliphatic rings. The number of sulfonamides is 2. The van der Waals surface area contributed by atoms with E-state index < -0.39 is 26.0 Å². The third kappa shape index (κ3) is 7.16. The first-order valence-corrected chi connectivity index (χ1v) is 15.4. The fourth-order valence-corrected chi connectivity index (χ4v) is 5.91. The maximum atomic E-state index is 12.9. The van der Waals surface area contributed by atoms with Crippen LogP contribution in [0.2, 0.25) is 0 Å². The summed E-state index contributed by atoms with van der Waals surface area (Å²) in [6, 6.07) is 20.8. The highest BCUT2D eigenvalue weighted by molar-refractivity contribution is 7.93. The number of aryl methyl sites for hydroxylation is 2. The first-order valence-electron chi connectivity index (χ1n) is 12.4. The molecule has 0 aliphatic heterocycles. The minimum Gasteiger partial charge on any atom is -0.492 e. The Bertz CT molecular complexity index is 1790. The van der Waals surface area contributed by atoms with Crippen LogP contribution in [0.3, 0.4) is 0 Å². The lowest BCUT2D eigenvalue weighted by molar-refractivity contribution is 0.0697. The average Bonchev–Trinajstić information content (AvgIpc) is 2.91. The van der Waals surface area contributed by atoms with E-state index in [1.807, 2.05) is 13.8 Å². The molecule has 0 saturated carbocycles. The molecule has 0 atom stereocenters. The van der Waals surface area contributed by atoms with Crippen molar-refractivity contribution in [2.75, 3.05) is 16.1 Å². The van der Waals surface area contributed by atoms with Crippen molar-refractivity contribution in [3.05, 3.63) is 102 Å². The van der Waals surface area contributed by atoms with E-state index in [9.17, 15) is 26.7 Å². The number of nitrogens with one attached hydrogen (secondary N) is 2. The van der Waals surface area contributed by atoms with Gasteiger partial charge in [0.25, 0.3) is 20.0 Å². The van der Waals surface area contributed by atoms with Crippen LogP contribution in [0.15, 0.2) is 94.7 Å². The Kier molecular flexibility index (Phi) is 8.55. The fourth-order valence-electron chi connectivity index (χ4n) is 3.76. The van der Waals surface area contributed by atoms with Crippen molar-refractivity contribution >= 4 is 37.4 Å². The van der Waals surface area contributed by atoms with Crippen LogP contribution in [0.4, 0.5) is 11.4 Å². The van der Waals surface area contributed by atoms with Gasteiger partial charge < -0.3 is 14.6 Å². The van der Waals surface area contributed by atoms with Gasteiger partial charge in [0.2, 0.25) is 0 Å². The highest BCUT2D eigenvalue weighted by atomic mass is 32.2. The second-order valence-electron chi connectivity index (χ2n) is 9.04. The summed E-state index contributed by atoms with van der Waals surface area (Å²) < 4.78 is 67.6. The van der Waals surface area contributed by atoms with E-state index in [1.165, 1.54) is 60.7 Å². The smallest absolute Gasteiger partial charge is 0.337 e. The summed E-state index contributed by atoms with van der Waals surface area (Å²) in [6.45, 7) is 5.65. The quantitative estimate of drug-likeness (QED) is 0.197. The van der Waals surface area contributed by atoms with Crippen LogP contribution in [-0.4, -0.2) is 34.5 Å². The molecule has 0 aliphatic carbocycles. The number of hydrogen-bond donors (Lipinski definition) is 3. The number of ether oxygens (including phenoxy) is 2. The van der Waals surface area contributed by atoms with Gasteiger partial charge in [0, 0.05) is 6.07 Å². The average molecular weight is 597 g/mol. The van der Waals surface area contributed by atoms with Gasteiger partial charge in [-0.25, -0.2) is 21.6 Å². The molecule has 0 fully saturated rings. The van der Waals surface area contributed by atoms with Gasteiger partial charge in [-0.1, -0.05) is 35.4 Å². The minimum absolute atomic E-state index is 0.0127. The molecule has 214 valence electrons. The number of carboxylic acid groups (broad SMARTS) is 1. The van der Waals surface area contributed by atoms with Crippen molar-refractivity contribution < 1.29 is 36.2 Å². The van der Waals surface area contributed by atoms with Gasteiger partial charge in [-0.2, -0.15) is 0 Å². The zero-order valence-corrected chi connectivity index (χ0v) is 24.0. The summed E-state index contributed by atoms with van der Waals surface area (Å²) in [5.74, 6) is -0.832. The van der Waals surface area contributed by atoms with Gasteiger partial charge >= 0.3 is 5.97 Å². The molecule has 0 unspecified atom stereocenters. The van der Waals surface area contributed by atoms with E-state index >= 15 is 0 Å². The van der Waals surface area contributed by atoms with E-state index in [0.29, 0.717) is 0 Å². The third-order valence-electron chi connectivity index (χ3n) is 5.86. The highest BCUT2D eigenvalue weighted by Gasteiger charge is 2.21. The Labute approximate surface area is 238 Å². The largest absolute Gasteiger partial charge is 0.492 e. The normalized spacial score (nSPS) is 11.5. The molecule has 0 bridgehead atoms. The topological polar surface area (TPSA) is 148 Å². The van der Waals surface area contributed by atoms with E-state index in [2.05, 4.69) is 9.44 Å². The van der Waals surface area contributed by atoms with Crippen molar-refractivity contribution in [2.24, 2.45) is 0 Å². The number of carbonyl (C=O) groups is 1. The number of rotatable bonds is 11. The van der Waals surface area contributed by atoms with Crippen molar-refractivity contribution in [3.63, 3.8) is 0 Å². The Hall–Kier alpha value is -4.55. The molecule has 41 heavy (non-hydrogen) atoms. The zero-order chi connectivity index (χ0) is 29.8. The summed E-state index contributed by atoms with van der Waals surface area (Å²) in [7, 11) is -7.93. The van der Waals surface area contributed by atoms with Crippen LogP contribution in [0.1, 0.15) is 28.4 Å². The van der Waals surface area contributed by atoms with E-state index in [1.54, 1.807) is 31.2 Å². The van der Waals surface area contributed by atoms with Gasteiger partial charge in [0.1, 0.15) is 17.2 Å². The summed E-state index contributed by atoms with van der Waals surface area (Å²) >= 11 is 0. The Morgan fingerprint density at radius 1 is 0.707 bits per heavy atom. The van der Waals surface area contributed by atoms with Crippen molar-refractivity contribution in [2.45, 2.75) is 30.6 Å². The molecule has 12 heteroatoms. The van der Waals surface area contributed by atoms with Gasteiger partial charge in [-0.15, -0.1) is 0 Å². The van der Waals surface area contributed by atoms with Crippen molar-refractivity contribution in [1.82, 2.24) is 0 Å². The fraction of sp³-hybridized carbons (Fsp3) is 0.138. The third-order valence-corrected chi connectivity index (χ3v) is 8.62. The zero-order valence-electron chi connectivity index (χ0n) is 22.4. The van der Waals surface area contributed by atoms with Crippen LogP contribution in [0, 0.1) is 13.8 Å². The molecule has 0 radical (unpaired) electrons. The molecule has 4 aromatic carbocycles. The monoisotopic (exact) mass is 596 g/mol. The summed E-state index contributed by atoms with van der Waals surface area (Å²) in [6.07, 6.45) is 0. The van der Waals surface area contributed by atoms with E-state index in [0.717, 1.165) is 11.1 Å². The minimum atomic E-state index is -4.04. The molecule has 0 spiro atoms. The molecule has 4 rings (SSSR count). The number of anilines is 2. The summed E-state index contributed by atoms with van der Waals surface area (Å²) in [5, 5.41) is 9.75. The molecule has 0 amide bonds. The second kappa shape index (κ2) is 11.9. The number of aromatic carboxylic acids is 1. The van der Waals surface area contributed by atoms with Crippen LogP contribution >= 0.6 is 0 Å². The molecule has 0 heterocycles. The standard InChI is InChI=1S/C29H28N2O8S2/c1-4-38-28-18-22(10-16-27(28)31-41(36,37)24-13-7-20(3)8-14-24)39-21-9-15-26(25(17-21)29(32)33)30-40(34,35)23-11-5-19(2)6-12-23/h5-18,30-31H,4H2,1-3H3,(H,32,33). The van der Waals surface area contributed by atoms with E-state index in [-0.39, 0.29) is 50.6 Å². The van der Waals surface area contributed by atoms with Crippen LogP contribution in [0.25, 0.3) is 0 Å². The van der Waals surface area contributed by atoms with Crippen LogP contribution < -0.4 is 18.9 Å². The van der Waals surface area contributed by atoms with Crippen LogP contribution in [-0.2, 0) is 20.0 Å². The molecular formula is C29H28N2O8S2. The molecule has 3 N–H and O–H groups in total. The number of carboxylic acids is 1. The van der Waals surface area contributed by atoms with E-state index in [4.69, 9.17) is 9.47 Å². The highest BCUT2D eigenvalue weighted by Crippen LogP contribution is 2.35. The van der Waals surface area contributed by atoms with Crippen LogP contribution in [0.5, 0.6) is 17.2 Å². The molecule has 10 nitrogen and oxygen atoms in total. The maximum Gasteiger partial charge on any atom is 0.337 e. The predicted octanol–water partition coefficient (Wildman–Crippen LogP) is 5.79. The maximum absolute atomic E-state index is 12.9. The Balaban J connectivity index is 1.58. The lowest BCUT2D eigenvalue weighted by atomic mass is 10.1. The summed E-state index contributed by atoms with van der Waals surface area (Å²) in [5.41, 5.74) is 1.52. The molecule has 0 aromatic heterocycles. The number of hydrogen-bond acceptors (Lipinski definition) is 7. The van der Waals surface area contributed by atoms with Crippen molar-refractivity contribution in [1.29, 1.82) is 0 Å². The molecule has 4 aromatic rings. The van der Waals surface area contributed by atoms with Crippen molar-refractivity contribution in [3.8, 4) is 17.2 Å². The van der Waals surface area contributed by atoms with Gasteiger partial charge in [-0.3, -0.25) is 9.44 Å². The second-order valence-corrected chi connectivity index (χ2v) is 12.4. The lowest BCUT2D eigenvalue weighted by Crippen LogP contribution is -2.15. The molecule has 0 saturated heterocycles. The Morgan fingerprint density at radius 2 is 1.17 bits per heavy atom. The SMILES string of the molecule is CCOc1cc(Oc2ccc(NS(=O)(=O)c3ccc(C)cc3)c(C(=O)O)c2)ccc1NS(=O)(=O)c1ccc(C)cc1. The predicted molar refractivity (Wildman–Crippen MR) is 155 cm³/mol. The first-order chi connectivity index (χ1) is 19.4. The lowest BCUT2D eigenvalue weighted by Gasteiger charge is -2.16. The number of benzene rings is 4. The van der Waals surface area contributed by atoms with Gasteiger partial charge in [-0.05, 0) is 75.4 Å². The summed E-state index contributed by atoms with van der Waals surface area (Å²) in [4.78, 5) is 12.0. The molecular weight excluding hydrogens is 568 g/mol. The van der Waals surface area contributed by atoms with Gasteiger partial charge in [0.15, 0.2) is 0 Å². The van der Waals surface area contributed by atoms with Gasteiger partial charge in [0.05, 0.1) is 33.3 Å². The first kappa shape index (κ1) is 29.4.